The number of sulfonamides is 1. The summed E-state index contributed by atoms with van der Waals surface area (Å²) in [4.78, 5) is 14.6. The third kappa shape index (κ3) is 5.31. The molecule has 3 rings (SSSR count). The lowest BCUT2D eigenvalue weighted by molar-refractivity contribution is -0.131. The summed E-state index contributed by atoms with van der Waals surface area (Å²) in [5, 5.41) is 3.22. The number of aryl methyl sites for hydroxylation is 1. The van der Waals surface area contributed by atoms with Crippen molar-refractivity contribution in [1.82, 2.24) is 14.5 Å². The van der Waals surface area contributed by atoms with Gasteiger partial charge in [0, 0.05) is 52.3 Å². The van der Waals surface area contributed by atoms with E-state index in [1.165, 1.54) is 4.31 Å². The minimum Gasteiger partial charge on any atom is -0.377 e. The van der Waals surface area contributed by atoms with Gasteiger partial charge in [0.15, 0.2) is 0 Å². The second kappa shape index (κ2) is 9.82. The molecule has 28 heavy (non-hydrogen) atoms. The minimum absolute atomic E-state index is 0.00960. The molecule has 2 saturated heterocycles. The number of ether oxygens (including phenoxy) is 1. The van der Waals surface area contributed by atoms with E-state index in [1.807, 2.05) is 24.0 Å². The first-order valence-electron chi connectivity index (χ1n) is 10.2. The first-order chi connectivity index (χ1) is 13.5. The predicted octanol–water partition coefficient (Wildman–Crippen LogP) is 1.24. The molecule has 2 fully saturated rings. The lowest BCUT2D eigenvalue weighted by Gasteiger charge is -2.29. The Morgan fingerprint density at radius 2 is 1.96 bits per heavy atom. The van der Waals surface area contributed by atoms with Crippen LogP contribution in [-0.2, 0) is 26.0 Å². The molecule has 8 heteroatoms. The van der Waals surface area contributed by atoms with Gasteiger partial charge in [-0.25, -0.2) is 8.42 Å². The zero-order valence-electron chi connectivity index (χ0n) is 16.6. The first-order valence-corrected chi connectivity index (χ1v) is 11.6. The van der Waals surface area contributed by atoms with Gasteiger partial charge in [0.05, 0.1) is 11.0 Å². The molecule has 1 N–H and O–H groups in total. The van der Waals surface area contributed by atoms with Crippen LogP contribution >= 0.6 is 0 Å². The van der Waals surface area contributed by atoms with Crippen LogP contribution in [0.3, 0.4) is 0 Å². The summed E-state index contributed by atoms with van der Waals surface area (Å²) in [6, 6.07) is 7.02. The van der Waals surface area contributed by atoms with Crippen molar-refractivity contribution in [3.05, 3.63) is 29.8 Å². The molecular formula is C20H31N3O4S. The van der Waals surface area contributed by atoms with Crippen LogP contribution < -0.4 is 5.32 Å². The van der Waals surface area contributed by atoms with E-state index in [0.29, 0.717) is 26.2 Å². The number of piperazine rings is 1. The monoisotopic (exact) mass is 409 g/mol. The largest absolute Gasteiger partial charge is 0.377 e. The molecule has 0 bridgehead atoms. The Morgan fingerprint density at radius 3 is 2.57 bits per heavy atom. The Morgan fingerprint density at radius 1 is 1.25 bits per heavy atom. The Balaban J connectivity index is 1.71. The van der Waals surface area contributed by atoms with Crippen molar-refractivity contribution in [2.45, 2.75) is 43.6 Å². The molecule has 156 valence electrons. The molecule has 7 nitrogen and oxygen atoms in total. The zero-order chi connectivity index (χ0) is 20.0. The van der Waals surface area contributed by atoms with Gasteiger partial charge in [-0.15, -0.1) is 0 Å². The number of carbonyl (C=O) groups excluding carboxylic acids is 1. The topological polar surface area (TPSA) is 79.0 Å². The van der Waals surface area contributed by atoms with Crippen LogP contribution in [-0.4, -0.2) is 75.5 Å². The molecule has 0 saturated carbocycles. The second-order valence-electron chi connectivity index (χ2n) is 7.38. The highest BCUT2D eigenvalue weighted by Crippen LogP contribution is 2.21. The molecular weight excluding hydrogens is 378 g/mol. The van der Waals surface area contributed by atoms with Crippen molar-refractivity contribution in [3.8, 4) is 0 Å². The maximum atomic E-state index is 13.2. The van der Waals surface area contributed by atoms with E-state index in [2.05, 4.69) is 5.32 Å². The Kier molecular flexibility index (Phi) is 7.45. The maximum Gasteiger partial charge on any atom is 0.243 e. The number of hydrogen-bond acceptors (Lipinski definition) is 5. The quantitative estimate of drug-likeness (QED) is 0.699. The number of nitrogens with zero attached hydrogens (tertiary/aromatic N) is 2. The standard InChI is InChI=1S/C20H31N3O4S/c1-2-17-5-7-19(8-6-17)28(25,26)23(16-18-4-3-15-27-18)12-9-20(24)22-13-10-21-11-14-22/h5-8,18,21H,2-4,9-16H2,1H3/t18-/m0/s1. The Labute approximate surface area is 168 Å². The fourth-order valence-electron chi connectivity index (χ4n) is 3.66. The number of hydrogen-bond donors (Lipinski definition) is 1. The molecule has 0 aromatic heterocycles. The first kappa shape index (κ1) is 21.2. The summed E-state index contributed by atoms with van der Waals surface area (Å²) in [6.07, 6.45) is 2.76. The molecule has 2 aliphatic rings. The average Bonchev–Trinajstić information content (AvgIpc) is 3.24. The van der Waals surface area contributed by atoms with E-state index in [0.717, 1.165) is 37.9 Å². The van der Waals surface area contributed by atoms with Crippen LogP contribution in [0.5, 0.6) is 0 Å². The van der Waals surface area contributed by atoms with Gasteiger partial charge in [-0.2, -0.15) is 4.31 Å². The number of rotatable bonds is 8. The lowest BCUT2D eigenvalue weighted by Crippen LogP contribution is -2.47. The van der Waals surface area contributed by atoms with Crippen LogP contribution in [0.1, 0.15) is 31.7 Å². The smallest absolute Gasteiger partial charge is 0.243 e. The van der Waals surface area contributed by atoms with E-state index in [9.17, 15) is 13.2 Å². The van der Waals surface area contributed by atoms with Gasteiger partial charge < -0.3 is 15.0 Å². The number of amides is 1. The van der Waals surface area contributed by atoms with Gasteiger partial charge >= 0.3 is 0 Å². The summed E-state index contributed by atoms with van der Waals surface area (Å²) >= 11 is 0. The SMILES string of the molecule is CCc1ccc(S(=O)(=O)N(CCC(=O)N2CCNCC2)C[C@@H]2CCCO2)cc1. The van der Waals surface area contributed by atoms with E-state index in [1.54, 1.807) is 12.1 Å². The van der Waals surface area contributed by atoms with Crippen molar-refractivity contribution in [1.29, 1.82) is 0 Å². The van der Waals surface area contributed by atoms with E-state index in [4.69, 9.17) is 4.74 Å². The minimum atomic E-state index is -3.67. The third-order valence-corrected chi connectivity index (χ3v) is 7.32. The molecule has 0 unspecified atom stereocenters. The van der Waals surface area contributed by atoms with Crippen LogP contribution in [0.15, 0.2) is 29.2 Å². The molecule has 2 heterocycles. The number of nitrogens with one attached hydrogen (secondary N) is 1. The van der Waals surface area contributed by atoms with Crippen LogP contribution in [0.4, 0.5) is 0 Å². The van der Waals surface area contributed by atoms with Gasteiger partial charge in [-0.1, -0.05) is 19.1 Å². The highest BCUT2D eigenvalue weighted by molar-refractivity contribution is 7.89. The summed E-state index contributed by atoms with van der Waals surface area (Å²) in [6.45, 7) is 6.11. The number of carbonyl (C=O) groups is 1. The van der Waals surface area contributed by atoms with Crippen LogP contribution in [0, 0.1) is 0 Å². The normalized spacial score (nSPS) is 20.6. The van der Waals surface area contributed by atoms with Crippen molar-refractivity contribution in [2.75, 3.05) is 45.9 Å². The van der Waals surface area contributed by atoms with E-state index < -0.39 is 10.0 Å². The molecule has 0 aliphatic carbocycles. The predicted molar refractivity (Wildman–Crippen MR) is 108 cm³/mol. The maximum absolute atomic E-state index is 13.2. The lowest BCUT2D eigenvalue weighted by atomic mass is 10.2. The number of benzene rings is 1. The summed E-state index contributed by atoms with van der Waals surface area (Å²) in [5.74, 6) is 0.00960. The zero-order valence-corrected chi connectivity index (χ0v) is 17.4. The molecule has 2 aliphatic heterocycles. The second-order valence-corrected chi connectivity index (χ2v) is 9.31. The summed E-state index contributed by atoms with van der Waals surface area (Å²) < 4.78 is 33.6. The Hall–Kier alpha value is -1.48. The highest BCUT2D eigenvalue weighted by Gasteiger charge is 2.30. The van der Waals surface area contributed by atoms with Crippen molar-refractivity contribution >= 4 is 15.9 Å². The highest BCUT2D eigenvalue weighted by atomic mass is 32.2. The van der Waals surface area contributed by atoms with Gasteiger partial charge in [-0.05, 0) is 37.0 Å². The molecule has 1 atom stereocenters. The fraction of sp³-hybridized carbons (Fsp3) is 0.650. The molecule has 0 radical (unpaired) electrons. The molecule has 1 amide bonds. The van der Waals surface area contributed by atoms with E-state index >= 15 is 0 Å². The van der Waals surface area contributed by atoms with Crippen molar-refractivity contribution < 1.29 is 17.9 Å². The van der Waals surface area contributed by atoms with E-state index in [-0.39, 0.29) is 29.9 Å². The summed E-state index contributed by atoms with van der Waals surface area (Å²) in [7, 11) is -3.67. The molecule has 1 aromatic carbocycles. The van der Waals surface area contributed by atoms with Crippen LogP contribution in [0.25, 0.3) is 0 Å². The average molecular weight is 410 g/mol. The van der Waals surface area contributed by atoms with Crippen molar-refractivity contribution in [3.63, 3.8) is 0 Å². The Bertz CT molecular complexity index is 739. The molecule has 1 aromatic rings. The van der Waals surface area contributed by atoms with Gasteiger partial charge in [0.25, 0.3) is 0 Å². The van der Waals surface area contributed by atoms with Gasteiger partial charge in [0.2, 0.25) is 15.9 Å². The summed E-state index contributed by atoms with van der Waals surface area (Å²) in [5.41, 5.74) is 1.10. The van der Waals surface area contributed by atoms with Gasteiger partial charge in [-0.3, -0.25) is 4.79 Å². The van der Waals surface area contributed by atoms with Crippen molar-refractivity contribution in [2.24, 2.45) is 0 Å². The fourth-order valence-corrected chi connectivity index (χ4v) is 5.14. The third-order valence-electron chi connectivity index (χ3n) is 5.45. The van der Waals surface area contributed by atoms with Gasteiger partial charge in [0.1, 0.15) is 0 Å². The molecule has 0 spiro atoms. The van der Waals surface area contributed by atoms with Crippen LogP contribution in [0.2, 0.25) is 0 Å².